The van der Waals surface area contributed by atoms with Crippen LogP contribution in [0.25, 0.3) is 5.65 Å². The van der Waals surface area contributed by atoms with Crippen molar-refractivity contribution in [3.8, 4) is 17.2 Å². The van der Waals surface area contributed by atoms with Crippen molar-refractivity contribution in [2.45, 2.75) is 6.54 Å². The van der Waals surface area contributed by atoms with E-state index in [4.69, 9.17) is 14.2 Å². The SMILES string of the molecule is COc1cc(OC)c(OC)cc1CNC(=O)c1cn2ccccc2n1. The van der Waals surface area contributed by atoms with E-state index in [1.807, 2.05) is 24.4 Å². The van der Waals surface area contributed by atoms with Crippen LogP contribution in [0.5, 0.6) is 17.2 Å². The van der Waals surface area contributed by atoms with E-state index in [1.54, 1.807) is 44.1 Å². The number of aromatic nitrogens is 2. The van der Waals surface area contributed by atoms with Gasteiger partial charge in [-0.15, -0.1) is 0 Å². The summed E-state index contributed by atoms with van der Waals surface area (Å²) >= 11 is 0. The number of methoxy groups -OCH3 is 3. The van der Waals surface area contributed by atoms with Crippen LogP contribution in [0, 0.1) is 0 Å². The molecule has 25 heavy (non-hydrogen) atoms. The highest BCUT2D eigenvalue weighted by atomic mass is 16.5. The van der Waals surface area contributed by atoms with Gasteiger partial charge in [0.05, 0.1) is 21.3 Å². The van der Waals surface area contributed by atoms with Crippen molar-refractivity contribution in [3.63, 3.8) is 0 Å². The van der Waals surface area contributed by atoms with Crippen LogP contribution in [0.4, 0.5) is 0 Å². The molecule has 1 aromatic carbocycles. The largest absolute Gasteiger partial charge is 0.496 e. The zero-order valence-corrected chi connectivity index (χ0v) is 14.3. The van der Waals surface area contributed by atoms with E-state index in [1.165, 1.54) is 0 Å². The third-order valence-corrected chi connectivity index (χ3v) is 3.82. The first-order chi connectivity index (χ1) is 12.2. The van der Waals surface area contributed by atoms with E-state index in [-0.39, 0.29) is 12.5 Å². The Balaban J connectivity index is 1.79. The fourth-order valence-electron chi connectivity index (χ4n) is 2.54. The lowest BCUT2D eigenvalue weighted by molar-refractivity contribution is 0.0946. The second kappa shape index (κ2) is 7.12. The highest BCUT2D eigenvalue weighted by Crippen LogP contribution is 2.34. The Kier molecular flexibility index (Phi) is 4.74. The van der Waals surface area contributed by atoms with Gasteiger partial charge in [0.1, 0.15) is 17.1 Å². The number of hydrogen-bond donors (Lipinski definition) is 1. The van der Waals surface area contributed by atoms with Gasteiger partial charge in [0.25, 0.3) is 5.91 Å². The van der Waals surface area contributed by atoms with E-state index in [2.05, 4.69) is 10.3 Å². The number of ether oxygens (including phenoxy) is 3. The van der Waals surface area contributed by atoms with Crippen LogP contribution in [-0.4, -0.2) is 36.6 Å². The molecular weight excluding hydrogens is 322 g/mol. The van der Waals surface area contributed by atoms with Crippen molar-refractivity contribution in [1.29, 1.82) is 0 Å². The summed E-state index contributed by atoms with van der Waals surface area (Å²) in [4.78, 5) is 16.7. The van der Waals surface area contributed by atoms with Gasteiger partial charge in [-0.25, -0.2) is 4.98 Å². The summed E-state index contributed by atoms with van der Waals surface area (Å²) < 4.78 is 17.7. The van der Waals surface area contributed by atoms with Crippen molar-refractivity contribution < 1.29 is 19.0 Å². The number of hydrogen-bond acceptors (Lipinski definition) is 5. The molecule has 3 rings (SSSR count). The quantitative estimate of drug-likeness (QED) is 0.745. The maximum atomic E-state index is 12.4. The highest BCUT2D eigenvalue weighted by Gasteiger charge is 2.14. The van der Waals surface area contributed by atoms with Crippen molar-refractivity contribution in [2.75, 3.05) is 21.3 Å². The van der Waals surface area contributed by atoms with Gasteiger partial charge in [-0.1, -0.05) is 6.07 Å². The summed E-state index contributed by atoms with van der Waals surface area (Å²) in [5.41, 5.74) is 1.85. The number of benzene rings is 1. The van der Waals surface area contributed by atoms with Gasteiger partial charge in [-0.2, -0.15) is 0 Å². The number of carbonyl (C=O) groups is 1. The van der Waals surface area contributed by atoms with Crippen LogP contribution in [-0.2, 0) is 6.54 Å². The number of pyridine rings is 1. The van der Waals surface area contributed by atoms with Gasteiger partial charge >= 0.3 is 0 Å². The molecule has 1 amide bonds. The molecule has 7 nitrogen and oxygen atoms in total. The van der Waals surface area contributed by atoms with E-state index in [9.17, 15) is 4.79 Å². The minimum atomic E-state index is -0.263. The molecule has 0 bridgehead atoms. The summed E-state index contributed by atoms with van der Waals surface area (Å²) in [6.07, 6.45) is 3.53. The van der Waals surface area contributed by atoms with Gasteiger partial charge < -0.3 is 23.9 Å². The number of amides is 1. The molecule has 0 aliphatic carbocycles. The standard InChI is InChI=1S/C18H19N3O4/c1-23-14-9-16(25-3)15(24-2)8-12(14)10-19-18(22)13-11-21-7-5-4-6-17(21)20-13/h4-9,11H,10H2,1-3H3,(H,19,22). The molecule has 1 N–H and O–H groups in total. The molecular formula is C18H19N3O4. The number of carbonyl (C=O) groups excluding carboxylic acids is 1. The highest BCUT2D eigenvalue weighted by molar-refractivity contribution is 5.92. The lowest BCUT2D eigenvalue weighted by Crippen LogP contribution is -2.23. The van der Waals surface area contributed by atoms with Crippen molar-refractivity contribution >= 4 is 11.6 Å². The molecule has 2 heterocycles. The topological polar surface area (TPSA) is 74.1 Å². The number of fused-ring (bicyclic) bond motifs is 1. The average molecular weight is 341 g/mol. The molecule has 7 heteroatoms. The Hall–Kier alpha value is -3.22. The minimum absolute atomic E-state index is 0.263. The van der Waals surface area contributed by atoms with Crippen LogP contribution < -0.4 is 19.5 Å². The summed E-state index contributed by atoms with van der Waals surface area (Å²) in [6, 6.07) is 9.10. The third-order valence-electron chi connectivity index (χ3n) is 3.82. The zero-order chi connectivity index (χ0) is 17.8. The van der Waals surface area contributed by atoms with Crippen LogP contribution in [0.15, 0.2) is 42.7 Å². The number of nitrogens with one attached hydrogen (secondary N) is 1. The van der Waals surface area contributed by atoms with Crippen LogP contribution >= 0.6 is 0 Å². The summed E-state index contributed by atoms with van der Waals surface area (Å²) in [6.45, 7) is 0.274. The Labute approximate surface area is 145 Å². The molecule has 0 saturated heterocycles. The number of nitrogens with zero attached hydrogens (tertiary/aromatic N) is 2. The molecule has 0 aliphatic heterocycles. The summed E-state index contributed by atoms with van der Waals surface area (Å²) in [7, 11) is 4.68. The second-order valence-electron chi connectivity index (χ2n) is 5.29. The van der Waals surface area contributed by atoms with Gasteiger partial charge in [-0.05, 0) is 18.2 Å². The minimum Gasteiger partial charge on any atom is -0.496 e. The Morgan fingerprint density at radius 3 is 2.48 bits per heavy atom. The Morgan fingerprint density at radius 1 is 1.08 bits per heavy atom. The zero-order valence-electron chi connectivity index (χ0n) is 14.3. The van der Waals surface area contributed by atoms with Crippen molar-refractivity contribution in [1.82, 2.24) is 14.7 Å². The summed E-state index contributed by atoms with van der Waals surface area (Å²) in [5, 5.41) is 2.85. The van der Waals surface area contributed by atoms with E-state index < -0.39 is 0 Å². The predicted molar refractivity (Wildman–Crippen MR) is 92.5 cm³/mol. The second-order valence-corrected chi connectivity index (χ2v) is 5.29. The van der Waals surface area contributed by atoms with Crippen molar-refractivity contribution in [3.05, 3.63) is 54.0 Å². The fraction of sp³-hybridized carbons (Fsp3) is 0.222. The number of rotatable bonds is 6. The fourth-order valence-corrected chi connectivity index (χ4v) is 2.54. The summed E-state index contributed by atoms with van der Waals surface area (Å²) in [5.74, 6) is 1.48. The number of imidazole rings is 1. The van der Waals surface area contributed by atoms with Gasteiger partial charge in [0.2, 0.25) is 0 Å². The van der Waals surface area contributed by atoms with Gasteiger partial charge in [0, 0.05) is 30.6 Å². The molecule has 2 aromatic heterocycles. The van der Waals surface area contributed by atoms with E-state index >= 15 is 0 Å². The maximum Gasteiger partial charge on any atom is 0.271 e. The van der Waals surface area contributed by atoms with Gasteiger partial charge in [-0.3, -0.25) is 4.79 Å². The monoisotopic (exact) mass is 341 g/mol. The molecule has 130 valence electrons. The molecule has 0 radical (unpaired) electrons. The smallest absolute Gasteiger partial charge is 0.271 e. The third kappa shape index (κ3) is 3.35. The first-order valence-corrected chi connectivity index (χ1v) is 7.67. The predicted octanol–water partition coefficient (Wildman–Crippen LogP) is 2.29. The lowest BCUT2D eigenvalue weighted by atomic mass is 10.1. The maximum absolute atomic E-state index is 12.4. The Morgan fingerprint density at radius 2 is 1.80 bits per heavy atom. The average Bonchev–Trinajstić information content (AvgIpc) is 3.09. The first kappa shape index (κ1) is 16.6. The van der Waals surface area contributed by atoms with Crippen LogP contribution in [0.2, 0.25) is 0 Å². The van der Waals surface area contributed by atoms with Gasteiger partial charge in [0.15, 0.2) is 11.5 Å². The lowest BCUT2D eigenvalue weighted by Gasteiger charge is -2.14. The Bertz CT molecular complexity index is 871. The molecule has 3 aromatic rings. The molecule has 0 unspecified atom stereocenters. The molecule has 0 aliphatic rings. The molecule has 0 atom stereocenters. The van der Waals surface area contributed by atoms with Crippen LogP contribution in [0.1, 0.15) is 16.1 Å². The molecule has 0 spiro atoms. The normalized spacial score (nSPS) is 10.5. The molecule has 0 fully saturated rings. The van der Waals surface area contributed by atoms with Crippen LogP contribution in [0.3, 0.4) is 0 Å². The molecule has 0 saturated carbocycles. The van der Waals surface area contributed by atoms with E-state index in [0.29, 0.717) is 22.9 Å². The first-order valence-electron chi connectivity index (χ1n) is 7.67. The van der Waals surface area contributed by atoms with Crippen molar-refractivity contribution in [2.24, 2.45) is 0 Å². The van der Waals surface area contributed by atoms with E-state index in [0.717, 1.165) is 11.2 Å².